The summed E-state index contributed by atoms with van der Waals surface area (Å²) in [5.41, 5.74) is 9.90. The quantitative estimate of drug-likeness (QED) is 0.757. The van der Waals surface area contributed by atoms with E-state index in [1.165, 1.54) is 42.5 Å². The smallest absolute Gasteiger partial charge is 0.0441 e. The minimum Gasteiger partial charge on any atom is -0.371 e. The SMILES string of the molecule is CCCCN(CCCC)c1c(C)cccc1CN. The molecule has 0 aliphatic heterocycles. The van der Waals surface area contributed by atoms with E-state index in [9.17, 15) is 0 Å². The first kappa shape index (κ1) is 15.0. The van der Waals surface area contributed by atoms with Crippen molar-refractivity contribution in [2.24, 2.45) is 5.73 Å². The first-order valence-corrected chi connectivity index (χ1v) is 7.28. The van der Waals surface area contributed by atoms with Crippen molar-refractivity contribution in [1.29, 1.82) is 0 Å². The molecule has 0 atom stereocenters. The molecule has 1 aromatic rings. The highest BCUT2D eigenvalue weighted by atomic mass is 15.1. The molecule has 2 nitrogen and oxygen atoms in total. The predicted molar refractivity (Wildman–Crippen MR) is 81.1 cm³/mol. The lowest BCUT2D eigenvalue weighted by atomic mass is 10.1. The highest BCUT2D eigenvalue weighted by molar-refractivity contribution is 5.59. The number of hydrogen-bond acceptors (Lipinski definition) is 2. The summed E-state index contributed by atoms with van der Waals surface area (Å²) in [6.45, 7) is 9.62. The fourth-order valence-corrected chi connectivity index (χ4v) is 2.37. The largest absolute Gasteiger partial charge is 0.371 e. The van der Waals surface area contributed by atoms with Crippen molar-refractivity contribution < 1.29 is 0 Å². The van der Waals surface area contributed by atoms with Gasteiger partial charge in [0.15, 0.2) is 0 Å². The summed E-state index contributed by atoms with van der Waals surface area (Å²) in [7, 11) is 0. The molecular formula is C16H28N2. The average molecular weight is 248 g/mol. The van der Waals surface area contributed by atoms with Crippen LogP contribution in [-0.4, -0.2) is 13.1 Å². The molecule has 0 saturated carbocycles. The van der Waals surface area contributed by atoms with Crippen LogP contribution in [0, 0.1) is 6.92 Å². The molecule has 0 unspecified atom stereocenters. The van der Waals surface area contributed by atoms with Gasteiger partial charge in [0.25, 0.3) is 0 Å². The Hall–Kier alpha value is -1.02. The number of unbranched alkanes of at least 4 members (excludes halogenated alkanes) is 2. The minimum atomic E-state index is 0.631. The molecule has 18 heavy (non-hydrogen) atoms. The van der Waals surface area contributed by atoms with E-state index < -0.39 is 0 Å². The molecule has 2 N–H and O–H groups in total. The highest BCUT2D eigenvalue weighted by Gasteiger charge is 2.12. The molecular weight excluding hydrogens is 220 g/mol. The van der Waals surface area contributed by atoms with Crippen LogP contribution in [0.4, 0.5) is 5.69 Å². The molecule has 102 valence electrons. The Morgan fingerprint density at radius 3 is 2.17 bits per heavy atom. The Morgan fingerprint density at radius 1 is 1.06 bits per heavy atom. The maximum Gasteiger partial charge on any atom is 0.0441 e. The Kier molecular flexibility index (Phi) is 6.81. The molecule has 0 aromatic heterocycles. The van der Waals surface area contributed by atoms with Gasteiger partial charge in [-0.1, -0.05) is 44.9 Å². The van der Waals surface area contributed by atoms with Crippen LogP contribution in [0.1, 0.15) is 50.7 Å². The molecule has 0 saturated heterocycles. The van der Waals surface area contributed by atoms with Crippen molar-refractivity contribution in [3.63, 3.8) is 0 Å². The van der Waals surface area contributed by atoms with Gasteiger partial charge in [0, 0.05) is 25.3 Å². The molecule has 0 amide bonds. The summed E-state index contributed by atoms with van der Waals surface area (Å²) in [6, 6.07) is 6.46. The van der Waals surface area contributed by atoms with E-state index in [-0.39, 0.29) is 0 Å². The lowest BCUT2D eigenvalue weighted by Crippen LogP contribution is -2.28. The monoisotopic (exact) mass is 248 g/mol. The second-order valence-electron chi connectivity index (χ2n) is 4.98. The molecule has 0 radical (unpaired) electrons. The first-order valence-electron chi connectivity index (χ1n) is 7.28. The molecule has 2 heteroatoms. The van der Waals surface area contributed by atoms with Crippen LogP contribution in [-0.2, 0) is 6.54 Å². The number of anilines is 1. The van der Waals surface area contributed by atoms with E-state index in [4.69, 9.17) is 5.73 Å². The summed E-state index contributed by atoms with van der Waals surface area (Å²) in [6.07, 6.45) is 4.99. The van der Waals surface area contributed by atoms with Crippen molar-refractivity contribution in [1.82, 2.24) is 0 Å². The number of aryl methyl sites for hydroxylation is 1. The number of nitrogens with zero attached hydrogens (tertiary/aromatic N) is 1. The van der Waals surface area contributed by atoms with E-state index in [0.717, 1.165) is 13.1 Å². The van der Waals surface area contributed by atoms with Crippen LogP contribution in [0.5, 0.6) is 0 Å². The van der Waals surface area contributed by atoms with Gasteiger partial charge in [0.05, 0.1) is 0 Å². The normalized spacial score (nSPS) is 10.7. The Bertz CT molecular complexity index is 339. The molecule has 1 aromatic carbocycles. The second kappa shape index (κ2) is 8.15. The zero-order valence-electron chi connectivity index (χ0n) is 12.2. The molecule has 0 fully saturated rings. The van der Waals surface area contributed by atoms with Gasteiger partial charge in [-0.25, -0.2) is 0 Å². The van der Waals surface area contributed by atoms with Crippen LogP contribution in [0.15, 0.2) is 18.2 Å². The van der Waals surface area contributed by atoms with Crippen molar-refractivity contribution >= 4 is 5.69 Å². The van der Waals surface area contributed by atoms with Crippen molar-refractivity contribution in [3.8, 4) is 0 Å². The fraction of sp³-hybridized carbons (Fsp3) is 0.625. The zero-order valence-corrected chi connectivity index (χ0v) is 12.2. The lowest BCUT2D eigenvalue weighted by Gasteiger charge is -2.28. The van der Waals surface area contributed by atoms with Crippen LogP contribution in [0.25, 0.3) is 0 Å². The maximum atomic E-state index is 5.89. The van der Waals surface area contributed by atoms with E-state index in [1.54, 1.807) is 0 Å². The summed E-state index contributed by atoms with van der Waals surface area (Å²) in [5, 5.41) is 0. The summed E-state index contributed by atoms with van der Waals surface area (Å²) in [5.74, 6) is 0. The van der Waals surface area contributed by atoms with Crippen molar-refractivity contribution in [2.45, 2.75) is 53.0 Å². The number of hydrogen-bond donors (Lipinski definition) is 1. The zero-order chi connectivity index (χ0) is 13.4. The molecule has 0 aliphatic rings. The van der Waals surface area contributed by atoms with Gasteiger partial charge in [0.1, 0.15) is 0 Å². The summed E-state index contributed by atoms with van der Waals surface area (Å²) < 4.78 is 0. The van der Waals surface area contributed by atoms with E-state index in [2.05, 4.69) is 43.9 Å². The number of para-hydroxylation sites is 1. The molecule has 0 bridgehead atoms. The average Bonchev–Trinajstić information content (AvgIpc) is 2.39. The van der Waals surface area contributed by atoms with Crippen LogP contribution < -0.4 is 10.6 Å². The van der Waals surface area contributed by atoms with E-state index in [1.807, 2.05) is 0 Å². The van der Waals surface area contributed by atoms with Crippen molar-refractivity contribution in [2.75, 3.05) is 18.0 Å². The Balaban J connectivity index is 2.94. The van der Waals surface area contributed by atoms with Crippen molar-refractivity contribution in [3.05, 3.63) is 29.3 Å². The van der Waals surface area contributed by atoms with Gasteiger partial charge >= 0.3 is 0 Å². The minimum absolute atomic E-state index is 0.631. The third-order valence-electron chi connectivity index (χ3n) is 3.42. The first-order chi connectivity index (χ1) is 8.74. The van der Waals surface area contributed by atoms with Crippen LogP contribution in [0.2, 0.25) is 0 Å². The van der Waals surface area contributed by atoms with Gasteiger partial charge < -0.3 is 10.6 Å². The van der Waals surface area contributed by atoms with Crippen LogP contribution in [0.3, 0.4) is 0 Å². The van der Waals surface area contributed by atoms with E-state index >= 15 is 0 Å². The summed E-state index contributed by atoms with van der Waals surface area (Å²) >= 11 is 0. The van der Waals surface area contributed by atoms with Gasteiger partial charge in [-0.05, 0) is 30.9 Å². The topological polar surface area (TPSA) is 29.3 Å². The number of nitrogens with two attached hydrogens (primary N) is 1. The van der Waals surface area contributed by atoms with Gasteiger partial charge in [-0.15, -0.1) is 0 Å². The predicted octanol–water partition coefficient (Wildman–Crippen LogP) is 3.86. The van der Waals surface area contributed by atoms with Gasteiger partial charge in [0.2, 0.25) is 0 Å². The third kappa shape index (κ3) is 4.02. The number of benzene rings is 1. The second-order valence-corrected chi connectivity index (χ2v) is 4.98. The standard InChI is InChI=1S/C16H28N2/c1-4-6-11-18(12-7-5-2)16-14(3)9-8-10-15(16)13-17/h8-10H,4-7,11-13,17H2,1-3H3. The maximum absolute atomic E-state index is 5.89. The highest BCUT2D eigenvalue weighted by Crippen LogP contribution is 2.25. The fourth-order valence-electron chi connectivity index (χ4n) is 2.37. The lowest BCUT2D eigenvalue weighted by molar-refractivity contribution is 0.674. The summed E-state index contributed by atoms with van der Waals surface area (Å²) in [4.78, 5) is 2.53. The Morgan fingerprint density at radius 2 is 1.67 bits per heavy atom. The van der Waals surface area contributed by atoms with Gasteiger partial charge in [-0.3, -0.25) is 0 Å². The van der Waals surface area contributed by atoms with Crippen LogP contribution >= 0.6 is 0 Å². The Labute approximate surface area is 112 Å². The third-order valence-corrected chi connectivity index (χ3v) is 3.42. The molecule has 0 aliphatic carbocycles. The molecule has 0 heterocycles. The van der Waals surface area contributed by atoms with Gasteiger partial charge in [-0.2, -0.15) is 0 Å². The molecule has 0 spiro atoms. The van der Waals surface area contributed by atoms with E-state index in [0.29, 0.717) is 6.54 Å². The number of rotatable bonds is 8. The molecule has 1 rings (SSSR count).